The van der Waals surface area contributed by atoms with Crippen molar-refractivity contribution in [2.45, 2.75) is 65.6 Å². The van der Waals surface area contributed by atoms with E-state index in [-0.39, 0.29) is 11.6 Å². The number of aromatic nitrogens is 4. The summed E-state index contributed by atoms with van der Waals surface area (Å²) < 4.78 is 9.00. The van der Waals surface area contributed by atoms with E-state index in [1.165, 1.54) is 24.2 Å². The quantitative estimate of drug-likeness (QED) is 0.139. The molecule has 2 aromatic carbocycles. The minimum Gasteiger partial charge on any atom is -0.455 e. The summed E-state index contributed by atoms with van der Waals surface area (Å²) in [6, 6.07) is 17.7. The van der Waals surface area contributed by atoms with E-state index in [1.807, 2.05) is 75.5 Å². The lowest BCUT2D eigenvalue weighted by Crippen LogP contribution is -2.33. The van der Waals surface area contributed by atoms with E-state index in [9.17, 15) is 9.59 Å². The van der Waals surface area contributed by atoms with Crippen LogP contribution < -0.4 is 10.2 Å². The summed E-state index contributed by atoms with van der Waals surface area (Å²) in [6.07, 6.45) is 9.80. The predicted octanol–water partition coefficient (Wildman–Crippen LogP) is 7.85. The molecule has 49 heavy (non-hydrogen) atoms. The zero-order valence-corrected chi connectivity index (χ0v) is 29.1. The number of anilines is 2. The van der Waals surface area contributed by atoms with Gasteiger partial charge in [0.15, 0.2) is 10.8 Å². The topological polar surface area (TPSA) is 102 Å². The first kappa shape index (κ1) is 31.4. The summed E-state index contributed by atoms with van der Waals surface area (Å²) >= 11 is 1.46. The Hall–Kier alpha value is -4.83. The molecule has 3 aromatic heterocycles. The first-order valence-corrected chi connectivity index (χ1v) is 17.9. The van der Waals surface area contributed by atoms with E-state index >= 15 is 0 Å². The first-order chi connectivity index (χ1) is 23.6. The van der Waals surface area contributed by atoms with Gasteiger partial charge in [0, 0.05) is 42.0 Å². The number of carbonyl (C=O) groups excluding carboxylic acids is 2. The Labute approximate surface area is 290 Å². The summed E-state index contributed by atoms with van der Waals surface area (Å²) in [5.41, 5.74) is 5.75. The van der Waals surface area contributed by atoms with Crippen LogP contribution in [0.4, 0.5) is 10.9 Å². The lowest BCUT2D eigenvalue weighted by Gasteiger charge is -2.31. The van der Waals surface area contributed by atoms with Gasteiger partial charge < -0.3 is 9.64 Å². The second kappa shape index (κ2) is 12.2. The maximum absolute atomic E-state index is 13.8. The maximum atomic E-state index is 13.8. The average molecular weight is 673 g/mol. The number of benzene rings is 2. The number of ether oxygens (including phenoxy) is 1. The minimum atomic E-state index is -0.684. The van der Waals surface area contributed by atoms with Crippen molar-refractivity contribution >= 4 is 44.4 Å². The molecule has 250 valence electrons. The minimum absolute atomic E-state index is 0.190. The normalized spacial score (nSPS) is 19.8. The molecule has 3 atom stereocenters. The molecular weight excluding hydrogens is 633 g/mol. The molecule has 10 heteroatoms. The molecule has 5 aromatic rings. The Morgan fingerprint density at radius 2 is 1.86 bits per heavy atom. The number of nitrogens with one attached hydrogen (secondary N) is 1. The second-order valence-electron chi connectivity index (χ2n) is 14.5. The molecule has 3 aliphatic rings. The van der Waals surface area contributed by atoms with Crippen LogP contribution in [0.5, 0.6) is 0 Å². The highest BCUT2D eigenvalue weighted by molar-refractivity contribution is 7.22. The summed E-state index contributed by atoms with van der Waals surface area (Å²) in [6.45, 7) is 9.71. The van der Waals surface area contributed by atoms with Crippen LogP contribution in [0.15, 0.2) is 72.9 Å². The van der Waals surface area contributed by atoms with Gasteiger partial charge in [-0.15, -0.1) is 0 Å². The van der Waals surface area contributed by atoms with Crippen molar-refractivity contribution in [3.8, 4) is 11.1 Å². The lowest BCUT2D eigenvalue weighted by atomic mass is 9.93. The summed E-state index contributed by atoms with van der Waals surface area (Å²) in [7, 11) is 0. The van der Waals surface area contributed by atoms with E-state index in [2.05, 4.69) is 45.0 Å². The average Bonchev–Trinajstić information content (AvgIpc) is 3.88. The number of hydrogen-bond acceptors (Lipinski definition) is 8. The summed E-state index contributed by atoms with van der Waals surface area (Å²) in [5, 5.41) is 8.37. The van der Waals surface area contributed by atoms with Gasteiger partial charge in [-0.1, -0.05) is 47.8 Å². The zero-order chi connectivity index (χ0) is 33.9. The van der Waals surface area contributed by atoms with Gasteiger partial charge in [-0.05, 0) is 106 Å². The van der Waals surface area contributed by atoms with E-state index < -0.39 is 11.6 Å². The molecule has 1 fully saturated rings. The van der Waals surface area contributed by atoms with Crippen LogP contribution in [0.1, 0.15) is 71.3 Å². The Kier molecular flexibility index (Phi) is 7.86. The van der Waals surface area contributed by atoms with Gasteiger partial charge in [-0.2, -0.15) is 5.10 Å². The molecule has 2 aliphatic carbocycles. The molecule has 4 heterocycles. The summed E-state index contributed by atoms with van der Waals surface area (Å²) in [5.74, 6) is 1.92. The Balaban J connectivity index is 1.08. The second-order valence-corrected chi connectivity index (χ2v) is 15.5. The standard InChI is InChI=1S/C39H40N6O3S/c1-23-30(20-40-45(23)21-27-19-24-12-13-26(27)18-24)28-14-15-34(42-35(28)37(47)48-39(2,3)4)44-17-16-25-8-7-9-29(31(25)22-44)36(46)43-38-41-32-10-5-6-11-33(32)49-38/h5-15,20,24,26-27H,16-19,21-22H2,1-4H3,(H,41,43,46)/t24-,26?,27+/m1/s1. The third-order valence-corrected chi connectivity index (χ3v) is 11.0. The number of esters is 1. The number of hydrogen-bond donors (Lipinski definition) is 1. The van der Waals surface area contributed by atoms with E-state index in [1.54, 1.807) is 0 Å². The first-order valence-electron chi connectivity index (χ1n) is 17.1. The van der Waals surface area contributed by atoms with Crippen molar-refractivity contribution in [3.05, 3.63) is 101 Å². The molecule has 2 bridgehead atoms. The van der Waals surface area contributed by atoms with E-state index in [4.69, 9.17) is 14.8 Å². The van der Waals surface area contributed by atoms with Gasteiger partial charge in [0.05, 0.1) is 16.4 Å². The van der Waals surface area contributed by atoms with Gasteiger partial charge in [0.1, 0.15) is 11.4 Å². The van der Waals surface area contributed by atoms with Crippen molar-refractivity contribution in [2.24, 2.45) is 17.8 Å². The highest BCUT2D eigenvalue weighted by Crippen LogP contribution is 2.44. The molecule has 9 nitrogen and oxygen atoms in total. The fourth-order valence-corrected chi connectivity index (χ4v) is 8.49. The highest BCUT2D eigenvalue weighted by atomic mass is 32.1. The van der Waals surface area contributed by atoms with Crippen LogP contribution in [0.3, 0.4) is 0 Å². The number of thiazole rings is 1. The molecule has 0 radical (unpaired) electrons. The van der Waals surface area contributed by atoms with Gasteiger partial charge in [-0.3, -0.25) is 14.8 Å². The molecule has 1 unspecified atom stereocenters. The maximum Gasteiger partial charge on any atom is 0.358 e. The van der Waals surface area contributed by atoms with E-state index in [0.717, 1.165) is 45.6 Å². The fourth-order valence-electron chi connectivity index (χ4n) is 7.63. The third-order valence-electron chi connectivity index (χ3n) is 10.0. The van der Waals surface area contributed by atoms with Crippen LogP contribution in [0.25, 0.3) is 21.3 Å². The Bertz CT molecular complexity index is 2090. The van der Waals surface area contributed by atoms with Crippen molar-refractivity contribution < 1.29 is 14.3 Å². The van der Waals surface area contributed by atoms with Crippen LogP contribution in [0.2, 0.25) is 0 Å². The van der Waals surface area contributed by atoms with Crippen LogP contribution in [-0.4, -0.2) is 43.8 Å². The number of fused-ring (bicyclic) bond motifs is 4. The predicted molar refractivity (Wildman–Crippen MR) is 193 cm³/mol. The van der Waals surface area contributed by atoms with Crippen LogP contribution >= 0.6 is 11.3 Å². The number of nitrogens with zero attached hydrogens (tertiary/aromatic N) is 5. The van der Waals surface area contributed by atoms with Crippen LogP contribution in [0, 0.1) is 24.7 Å². The SMILES string of the molecule is Cc1c(-c2ccc(N3CCc4cccc(C(=O)Nc5nc6ccccc6s5)c4C3)nc2C(=O)OC(C)(C)C)cnn1C[C@@H]1C[C@@H]2C=CC1C2. The van der Waals surface area contributed by atoms with Crippen molar-refractivity contribution in [3.63, 3.8) is 0 Å². The molecule has 1 N–H and O–H groups in total. The third kappa shape index (κ3) is 6.14. The van der Waals surface area contributed by atoms with Gasteiger partial charge in [0.2, 0.25) is 0 Å². The molecular formula is C39H40N6O3S. The molecule has 0 saturated heterocycles. The van der Waals surface area contributed by atoms with Crippen LogP contribution in [-0.2, 0) is 24.2 Å². The largest absolute Gasteiger partial charge is 0.455 e. The van der Waals surface area contributed by atoms with Crippen molar-refractivity contribution in [1.29, 1.82) is 0 Å². The number of pyridine rings is 1. The monoisotopic (exact) mass is 672 g/mol. The molecule has 1 amide bonds. The van der Waals surface area contributed by atoms with Gasteiger partial charge in [-0.25, -0.2) is 14.8 Å². The van der Waals surface area contributed by atoms with Gasteiger partial charge in [0.25, 0.3) is 5.91 Å². The van der Waals surface area contributed by atoms with E-state index in [0.29, 0.717) is 52.9 Å². The number of carbonyl (C=O) groups is 2. The smallest absolute Gasteiger partial charge is 0.358 e. The molecule has 8 rings (SSSR count). The van der Waals surface area contributed by atoms with Crippen molar-refractivity contribution in [2.75, 3.05) is 16.8 Å². The number of amides is 1. The number of para-hydroxylation sites is 1. The summed E-state index contributed by atoms with van der Waals surface area (Å²) in [4.78, 5) is 39.1. The Morgan fingerprint density at radius 1 is 1.00 bits per heavy atom. The number of rotatable bonds is 7. The zero-order valence-electron chi connectivity index (χ0n) is 28.3. The molecule has 0 spiro atoms. The Morgan fingerprint density at radius 3 is 2.63 bits per heavy atom. The molecule has 1 aliphatic heterocycles. The van der Waals surface area contributed by atoms with Crippen molar-refractivity contribution in [1.82, 2.24) is 19.7 Å². The lowest BCUT2D eigenvalue weighted by molar-refractivity contribution is 0.00638. The highest BCUT2D eigenvalue weighted by Gasteiger charge is 2.36. The molecule has 1 saturated carbocycles. The fraction of sp³-hybridized carbons (Fsp3) is 0.359. The number of allylic oxidation sites excluding steroid dienone is 2. The van der Waals surface area contributed by atoms with Gasteiger partial charge >= 0.3 is 5.97 Å².